The Labute approximate surface area is 172 Å². The molecule has 31 heavy (non-hydrogen) atoms. The number of esters is 1. The first kappa shape index (κ1) is 26.7. The molecule has 178 valence electrons. The number of nitrogens with zero attached hydrogens (tertiary/aromatic N) is 3. The molecule has 0 fully saturated rings. The van der Waals surface area contributed by atoms with Gasteiger partial charge in [0.25, 0.3) is 0 Å². The van der Waals surface area contributed by atoms with Gasteiger partial charge in [0.15, 0.2) is 0 Å². The predicted molar refractivity (Wildman–Crippen MR) is 88.1 cm³/mol. The third-order valence-corrected chi connectivity index (χ3v) is 7.31. The standard InChI is InChI=1S/C13H17F6N3O7S2/c1-5-29-10(23)11(2,21-7-6-20(3)8-21)9(28-4)22(30(24,25)12(14,15)16)31(26,27)13(17,18)19/h6-8H,5H2,1-4H3/q+2/t11-/m1/s1. The van der Waals surface area contributed by atoms with Crippen LogP contribution in [0.5, 0.6) is 0 Å². The number of carbonyl (C=O) groups excluding carboxylic acids is 1. The van der Waals surface area contributed by atoms with E-state index in [0.29, 0.717) is 18.6 Å². The van der Waals surface area contributed by atoms with Crippen molar-refractivity contribution in [1.29, 1.82) is 0 Å². The summed E-state index contributed by atoms with van der Waals surface area (Å²) in [5, 5.41) is 0. The summed E-state index contributed by atoms with van der Waals surface area (Å²) in [6.07, 6.45) is 3.05. The second kappa shape index (κ2) is 8.29. The summed E-state index contributed by atoms with van der Waals surface area (Å²) < 4.78 is 136. The van der Waals surface area contributed by atoms with Gasteiger partial charge in [-0.2, -0.15) is 43.2 Å². The summed E-state index contributed by atoms with van der Waals surface area (Å²) in [6, 6.07) is 0. The van der Waals surface area contributed by atoms with Gasteiger partial charge < -0.3 is 9.47 Å². The van der Waals surface area contributed by atoms with E-state index in [1.807, 2.05) is 0 Å². The van der Waals surface area contributed by atoms with E-state index in [-0.39, 0.29) is 0 Å². The molecule has 1 atom stereocenters. The summed E-state index contributed by atoms with van der Waals surface area (Å²) in [7, 11) is -12.8. The van der Waals surface area contributed by atoms with E-state index >= 15 is 0 Å². The summed E-state index contributed by atoms with van der Waals surface area (Å²) >= 11 is 0. The highest BCUT2D eigenvalue weighted by Gasteiger charge is 2.72. The molecule has 0 unspecified atom stereocenters. The molecule has 18 heteroatoms. The van der Waals surface area contributed by atoms with E-state index < -0.39 is 58.5 Å². The molecule has 0 saturated carbocycles. The maximum Gasteiger partial charge on any atom is 0.561 e. The Bertz CT molecular complexity index is 1040. The molecule has 0 spiro atoms. The molecule has 0 bridgehead atoms. The summed E-state index contributed by atoms with van der Waals surface area (Å²) in [4.78, 5) is 12.6. The number of aromatic nitrogens is 2. The largest absolute Gasteiger partial charge is 0.561 e. The number of hydrogen-bond donors (Lipinski definition) is 0. The highest BCUT2D eigenvalue weighted by molar-refractivity contribution is 7.98. The summed E-state index contributed by atoms with van der Waals surface area (Å²) in [5.41, 5.74) is -16.0. The minimum Gasteiger partial charge on any atom is -0.462 e. The van der Waals surface area contributed by atoms with Gasteiger partial charge in [0.05, 0.1) is 24.2 Å². The zero-order chi connectivity index (χ0) is 24.6. The highest BCUT2D eigenvalue weighted by Crippen LogP contribution is 2.35. The minimum absolute atomic E-state index is 0.390. The molecule has 0 saturated heterocycles. The van der Waals surface area contributed by atoms with Gasteiger partial charge in [0, 0.05) is 6.92 Å². The Kier molecular flexibility index (Phi) is 7.13. The number of carbonyl (C=O) groups is 1. The molecule has 1 heterocycles. The zero-order valence-electron chi connectivity index (χ0n) is 16.2. The van der Waals surface area contributed by atoms with E-state index in [2.05, 4.69) is 9.47 Å². The van der Waals surface area contributed by atoms with Crippen LogP contribution in [0.25, 0.3) is 0 Å². The molecule has 0 aliphatic rings. The van der Waals surface area contributed by atoms with Crippen molar-refractivity contribution in [3.8, 4) is 0 Å². The van der Waals surface area contributed by atoms with Crippen LogP contribution in [0.4, 0.5) is 26.3 Å². The van der Waals surface area contributed by atoms with E-state index in [9.17, 15) is 48.0 Å². The van der Waals surface area contributed by atoms with Crippen molar-refractivity contribution < 1.29 is 65.4 Å². The Morgan fingerprint density at radius 1 is 1.06 bits per heavy atom. The van der Waals surface area contributed by atoms with E-state index in [0.717, 1.165) is 12.5 Å². The number of hydrogen-bond acceptors (Lipinski definition) is 7. The molecule has 1 aromatic heterocycles. The minimum atomic E-state index is -7.29. The van der Waals surface area contributed by atoms with Gasteiger partial charge in [-0.15, -0.1) is 0 Å². The summed E-state index contributed by atoms with van der Waals surface area (Å²) in [6.45, 7) is 1.41. The molecule has 1 rings (SSSR count). The first-order valence-electron chi connectivity index (χ1n) is 7.85. The van der Waals surface area contributed by atoms with Crippen LogP contribution in [0, 0.1) is 0 Å². The lowest BCUT2D eigenvalue weighted by atomic mass is 10.0. The lowest BCUT2D eigenvalue weighted by Gasteiger charge is -2.22. The van der Waals surface area contributed by atoms with Crippen molar-refractivity contribution in [3.63, 3.8) is 0 Å². The maximum absolute atomic E-state index is 13.2. The van der Waals surface area contributed by atoms with E-state index in [1.54, 1.807) is 0 Å². The number of alkyl halides is 6. The Morgan fingerprint density at radius 2 is 1.52 bits per heavy atom. The average molecular weight is 505 g/mol. The quantitative estimate of drug-likeness (QED) is 0.180. The van der Waals surface area contributed by atoms with Gasteiger partial charge in [-0.25, -0.2) is 13.9 Å². The molecule has 1 aromatic rings. The van der Waals surface area contributed by atoms with Gasteiger partial charge in [-0.3, -0.25) is 0 Å². The Morgan fingerprint density at radius 3 is 1.81 bits per heavy atom. The van der Waals surface area contributed by atoms with Crippen LogP contribution >= 0.6 is 0 Å². The molecule has 0 aliphatic carbocycles. The second-order valence-electron chi connectivity index (χ2n) is 5.89. The van der Waals surface area contributed by atoms with Crippen molar-refractivity contribution in [2.75, 3.05) is 13.7 Å². The number of imidazole rings is 1. The molecule has 0 aliphatic heterocycles. The fraction of sp³-hybridized carbons (Fsp3) is 0.615. The maximum atomic E-state index is 13.2. The summed E-state index contributed by atoms with van der Waals surface area (Å²) in [5.74, 6) is -3.65. The molecular formula is C13H17F6N3O7S2+2. The number of sulfonamides is 2. The SMILES string of the molecule is CCOC(=O)[C@@](C)(C(OC)=[N+](S(=O)(=O)C(F)(F)F)S(=O)(=O)C(F)(F)F)n1cc[n+](C)c1. The van der Waals surface area contributed by atoms with Crippen LogP contribution < -0.4 is 4.57 Å². The average Bonchev–Trinajstić information content (AvgIpc) is 3.03. The number of ether oxygens (including phenoxy) is 2. The predicted octanol–water partition coefficient (Wildman–Crippen LogP) is 0.347. The first-order chi connectivity index (χ1) is 13.8. The van der Waals surface area contributed by atoms with Crippen LogP contribution in [-0.4, -0.2) is 61.4 Å². The van der Waals surface area contributed by atoms with Gasteiger partial charge in [-0.05, 0) is 6.92 Å². The van der Waals surface area contributed by atoms with E-state index in [1.165, 1.54) is 24.7 Å². The fourth-order valence-electron chi connectivity index (χ4n) is 2.28. The number of halogens is 6. The third kappa shape index (κ3) is 4.48. The second-order valence-corrected chi connectivity index (χ2v) is 9.67. The molecule has 10 nitrogen and oxygen atoms in total. The molecule has 0 N–H and O–H groups in total. The van der Waals surface area contributed by atoms with Gasteiger partial charge in [-0.1, -0.05) is 0 Å². The first-order valence-corrected chi connectivity index (χ1v) is 10.7. The molecule has 0 radical (unpaired) electrons. The van der Waals surface area contributed by atoms with Crippen LogP contribution in [0.3, 0.4) is 0 Å². The van der Waals surface area contributed by atoms with Gasteiger partial charge >= 0.3 is 48.5 Å². The van der Waals surface area contributed by atoms with Crippen molar-refractivity contribution in [2.45, 2.75) is 30.4 Å². The highest BCUT2D eigenvalue weighted by atomic mass is 32.3. The van der Waals surface area contributed by atoms with Crippen LogP contribution in [-0.2, 0) is 46.9 Å². The molecule has 0 aromatic carbocycles. The van der Waals surface area contributed by atoms with Crippen molar-refractivity contribution in [1.82, 2.24) is 4.57 Å². The zero-order valence-corrected chi connectivity index (χ0v) is 17.9. The number of aryl methyl sites for hydroxylation is 1. The monoisotopic (exact) mass is 505 g/mol. The lowest BCUT2D eigenvalue weighted by molar-refractivity contribution is -0.671. The van der Waals surface area contributed by atoms with Crippen LogP contribution in [0.1, 0.15) is 13.8 Å². The van der Waals surface area contributed by atoms with Crippen LogP contribution in [0.15, 0.2) is 18.7 Å². The van der Waals surface area contributed by atoms with Crippen LogP contribution in [0.2, 0.25) is 0 Å². The Balaban J connectivity index is 4.36. The lowest BCUT2D eigenvalue weighted by Crippen LogP contribution is -2.56. The van der Waals surface area contributed by atoms with Gasteiger partial charge in [0.2, 0.25) is 6.33 Å². The topological polar surface area (TPSA) is 116 Å². The van der Waals surface area contributed by atoms with Crippen molar-refractivity contribution in [2.24, 2.45) is 7.05 Å². The fourth-order valence-corrected chi connectivity index (χ4v) is 5.13. The van der Waals surface area contributed by atoms with Gasteiger partial charge in [0.1, 0.15) is 12.4 Å². The molecular weight excluding hydrogens is 488 g/mol. The van der Waals surface area contributed by atoms with Crippen molar-refractivity contribution in [3.05, 3.63) is 18.7 Å². The molecule has 0 amide bonds. The number of rotatable bonds is 6. The smallest absolute Gasteiger partial charge is 0.462 e. The van der Waals surface area contributed by atoms with Crippen molar-refractivity contribution >= 4 is 31.9 Å². The Hall–Kier alpha value is -2.37. The van der Waals surface area contributed by atoms with E-state index in [4.69, 9.17) is 0 Å². The number of methoxy groups -OCH3 is 1. The normalized spacial score (nSPS) is 15.2. The third-order valence-electron chi connectivity index (χ3n) is 3.76.